The molecule has 3 atom stereocenters. The van der Waals surface area contributed by atoms with E-state index < -0.39 is 6.10 Å². The normalized spacial score (nSPS) is 33.9. The van der Waals surface area contributed by atoms with E-state index in [2.05, 4.69) is 16.0 Å². The van der Waals surface area contributed by atoms with Crippen molar-refractivity contribution in [1.29, 1.82) is 0 Å². The van der Waals surface area contributed by atoms with E-state index in [1.54, 1.807) is 0 Å². The monoisotopic (exact) mass is 241 g/mol. The summed E-state index contributed by atoms with van der Waals surface area (Å²) in [5.74, 6) is -0.234. The van der Waals surface area contributed by atoms with Crippen LogP contribution in [0, 0.1) is 0 Å². The summed E-state index contributed by atoms with van der Waals surface area (Å²) in [5.41, 5.74) is 0. The summed E-state index contributed by atoms with van der Waals surface area (Å²) in [6, 6.07) is -0.530. The standard InChI is InChI=1S/C11H19N3O3/c15-9-4-2-1-3-7(9)14-11(17)8-5-13-10(16)6-12-8/h7-9,12,15H,1-6H2,(H,13,16)(H,14,17). The van der Waals surface area contributed by atoms with Gasteiger partial charge in [0, 0.05) is 6.54 Å². The predicted octanol–water partition coefficient (Wildman–Crippen LogP) is -1.51. The molecule has 17 heavy (non-hydrogen) atoms. The number of hydrogen-bond donors (Lipinski definition) is 4. The van der Waals surface area contributed by atoms with Gasteiger partial charge in [0.1, 0.15) is 6.04 Å². The first-order valence-electron chi connectivity index (χ1n) is 6.15. The lowest BCUT2D eigenvalue weighted by Crippen LogP contribution is -2.60. The van der Waals surface area contributed by atoms with E-state index in [9.17, 15) is 14.7 Å². The molecule has 1 heterocycles. The molecule has 6 heteroatoms. The molecule has 4 N–H and O–H groups in total. The van der Waals surface area contributed by atoms with E-state index in [1.807, 2.05) is 0 Å². The fourth-order valence-corrected chi connectivity index (χ4v) is 2.31. The second-order valence-electron chi connectivity index (χ2n) is 4.70. The molecule has 0 aromatic heterocycles. The van der Waals surface area contributed by atoms with Crippen LogP contribution < -0.4 is 16.0 Å². The number of nitrogens with one attached hydrogen (secondary N) is 3. The number of carbonyl (C=O) groups excluding carboxylic acids is 2. The second-order valence-corrected chi connectivity index (χ2v) is 4.70. The summed E-state index contributed by atoms with van der Waals surface area (Å²) in [4.78, 5) is 22.8. The van der Waals surface area contributed by atoms with Crippen molar-refractivity contribution in [2.75, 3.05) is 13.1 Å². The summed E-state index contributed by atoms with van der Waals surface area (Å²) in [6.45, 7) is 0.485. The minimum atomic E-state index is -0.439. The van der Waals surface area contributed by atoms with Crippen LogP contribution in [0.2, 0.25) is 0 Å². The van der Waals surface area contributed by atoms with E-state index in [4.69, 9.17) is 0 Å². The highest BCUT2D eigenvalue weighted by atomic mass is 16.3. The maximum atomic E-state index is 11.9. The third-order valence-corrected chi connectivity index (χ3v) is 3.39. The first-order valence-corrected chi connectivity index (χ1v) is 6.15. The molecule has 2 fully saturated rings. The maximum Gasteiger partial charge on any atom is 0.239 e. The van der Waals surface area contributed by atoms with Crippen LogP contribution in [-0.4, -0.2) is 48.2 Å². The Kier molecular flexibility index (Phi) is 3.96. The fourth-order valence-electron chi connectivity index (χ4n) is 2.31. The SMILES string of the molecule is O=C1CNC(C(=O)NC2CCCCC2O)CN1. The molecule has 1 saturated heterocycles. The highest BCUT2D eigenvalue weighted by Gasteiger charge is 2.29. The zero-order chi connectivity index (χ0) is 12.3. The van der Waals surface area contributed by atoms with Crippen LogP contribution in [0.25, 0.3) is 0 Å². The Morgan fingerprint density at radius 3 is 2.76 bits per heavy atom. The maximum absolute atomic E-state index is 11.9. The lowest BCUT2D eigenvalue weighted by molar-refractivity contribution is -0.127. The molecule has 0 aromatic rings. The average molecular weight is 241 g/mol. The summed E-state index contributed by atoms with van der Waals surface area (Å²) in [7, 11) is 0. The highest BCUT2D eigenvalue weighted by Crippen LogP contribution is 2.18. The zero-order valence-electron chi connectivity index (χ0n) is 9.74. The lowest BCUT2D eigenvalue weighted by atomic mass is 9.92. The van der Waals surface area contributed by atoms with Crippen molar-refractivity contribution in [3.8, 4) is 0 Å². The third kappa shape index (κ3) is 3.17. The Morgan fingerprint density at radius 2 is 2.12 bits per heavy atom. The van der Waals surface area contributed by atoms with Crippen molar-refractivity contribution in [1.82, 2.24) is 16.0 Å². The fraction of sp³-hybridized carbons (Fsp3) is 0.818. The average Bonchev–Trinajstić information content (AvgIpc) is 2.33. The molecule has 0 radical (unpaired) electrons. The van der Waals surface area contributed by atoms with Gasteiger partial charge in [-0.25, -0.2) is 0 Å². The van der Waals surface area contributed by atoms with Gasteiger partial charge in [-0.3, -0.25) is 14.9 Å². The number of rotatable bonds is 2. The van der Waals surface area contributed by atoms with Crippen molar-refractivity contribution in [3.63, 3.8) is 0 Å². The van der Waals surface area contributed by atoms with Crippen LogP contribution in [0.5, 0.6) is 0 Å². The Morgan fingerprint density at radius 1 is 1.35 bits per heavy atom. The molecule has 0 spiro atoms. The Bertz CT molecular complexity index is 298. The van der Waals surface area contributed by atoms with Crippen molar-refractivity contribution in [2.45, 2.75) is 43.9 Å². The summed E-state index contributed by atoms with van der Waals surface area (Å²) in [6.07, 6.45) is 3.19. The number of aliphatic hydroxyl groups is 1. The van der Waals surface area contributed by atoms with Crippen LogP contribution in [0.3, 0.4) is 0 Å². The minimum absolute atomic E-state index is 0.0910. The van der Waals surface area contributed by atoms with Gasteiger partial charge in [0.25, 0.3) is 0 Å². The van der Waals surface area contributed by atoms with Crippen molar-refractivity contribution in [3.05, 3.63) is 0 Å². The number of carbonyl (C=O) groups is 2. The van der Waals surface area contributed by atoms with Crippen LogP contribution in [0.15, 0.2) is 0 Å². The molecular weight excluding hydrogens is 222 g/mol. The largest absolute Gasteiger partial charge is 0.391 e. The third-order valence-electron chi connectivity index (χ3n) is 3.39. The number of piperazine rings is 1. The second kappa shape index (κ2) is 5.46. The molecule has 1 saturated carbocycles. The molecule has 2 rings (SSSR count). The minimum Gasteiger partial charge on any atom is -0.391 e. The number of hydrogen-bond acceptors (Lipinski definition) is 4. The first-order chi connectivity index (χ1) is 8.16. The summed E-state index contributed by atoms with van der Waals surface area (Å²) in [5, 5.41) is 18.1. The van der Waals surface area contributed by atoms with Crippen molar-refractivity contribution < 1.29 is 14.7 Å². The van der Waals surface area contributed by atoms with Crippen LogP contribution in [-0.2, 0) is 9.59 Å². The zero-order valence-corrected chi connectivity index (χ0v) is 9.74. The number of aliphatic hydroxyl groups excluding tert-OH is 1. The Labute approximate surface area is 100 Å². The van der Waals surface area contributed by atoms with E-state index in [1.165, 1.54) is 0 Å². The molecular formula is C11H19N3O3. The predicted molar refractivity (Wildman–Crippen MR) is 61.2 cm³/mol. The van der Waals surface area contributed by atoms with E-state index in [0.29, 0.717) is 6.54 Å². The van der Waals surface area contributed by atoms with Crippen molar-refractivity contribution >= 4 is 11.8 Å². The number of amides is 2. The highest BCUT2D eigenvalue weighted by molar-refractivity contribution is 5.86. The summed E-state index contributed by atoms with van der Waals surface area (Å²) < 4.78 is 0. The molecule has 2 aliphatic rings. The Hall–Kier alpha value is -1.14. The van der Waals surface area contributed by atoms with E-state index >= 15 is 0 Å². The molecule has 0 bridgehead atoms. The van der Waals surface area contributed by atoms with E-state index in [-0.39, 0.29) is 30.4 Å². The van der Waals surface area contributed by atoms with Gasteiger partial charge in [0.15, 0.2) is 0 Å². The van der Waals surface area contributed by atoms with Gasteiger partial charge >= 0.3 is 0 Å². The molecule has 3 unspecified atom stereocenters. The van der Waals surface area contributed by atoms with Gasteiger partial charge in [-0.2, -0.15) is 0 Å². The van der Waals surface area contributed by atoms with Crippen molar-refractivity contribution in [2.24, 2.45) is 0 Å². The van der Waals surface area contributed by atoms with Crippen LogP contribution in [0.4, 0.5) is 0 Å². The Balaban J connectivity index is 1.81. The topological polar surface area (TPSA) is 90.5 Å². The van der Waals surface area contributed by atoms with E-state index in [0.717, 1.165) is 25.7 Å². The lowest BCUT2D eigenvalue weighted by Gasteiger charge is -2.31. The molecule has 2 amide bonds. The molecule has 0 aromatic carbocycles. The first kappa shape index (κ1) is 12.3. The van der Waals surface area contributed by atoms with Gasteiger partial charge in [-0.1, -0.05) is 12.8 Å². The molecule has 96 valence electrons. The molecule has 1 aliphatic carbocycles. The van der Waals surface area contributed by atoms with Gasteiger partial charge in [0.2, 0.25) is 11.8 Å². The smallest absolute Gasteiger partial charge is 0.239 e. The van der Waals surface area contributed by atoms with Gasteiger partial charge in [0.05, 0.1) is 18.7 Å². The quantitative estimate of drug-likeness (QED) is 0.473. The van der Waals surface area contributed by atoms with Gasteiger partial charge < -0.3 is 15.7 Å². The van der Waals surface area contributed by atoms with Gasteiger partial charge in [-0.05, 0) is 12.8 Å². The van der Waals surface area contributed by atoms with Crippen LogP contribution in [0.1, 0.15) is 25.7 Å². The van der Waals surface area contributed by atoms with Crippen LogP contribution >= 0.6 is 0 Å². The molecule has 1 aliphatic heterocycles. The molecule has 6 nitrogen and oxygen atoms in total. The summed E-state index contributed by atoms with van der Waals surface area (Å²) >= 11 is 0. The van der Waals surface area contributed by atoms with Gasteiger partial charge in [-0.15, -0.1) is 0 Å².